The van der Waals surface area contributed by atoms with Crippen molar-refractivity contribution in [3.05, 3.63) is 70.8 Å². The number of anilines is 1. The number of esters is 1. The molecule has 4 heteroatoms. The quantitative estimate of drug-likeness (QED) is 0.637. The summed E-state index contributed by atoms with van der Waals surface area (Å²) in [5.74, 6) is -0.621. The number of para-hydroxylation sites is 1. The molecule has 0 radical (unpaired) electrons. The molecule has 0 saturated carbocycles. The first kappa shape index (κ1) is 17.0. The second-order valence-corrected chi connectivity index (χ2v) is 6.27. The second-order valence-electron chi connectivity index (χ2n) is 6.27. The van der Waals surface area contributed by atoms with Crippen molar-refractivity contribution in [3.8, 4) is 0 Å². The number of hydrogen-bond donors (Lipinski definition) is 0. The molecule has 1 aliphatic rings. The summed E-state index contributed by atoms with van der Waals surface area (Å²) in [4.78, 5) is 26.5. The first-order valence-electron chi connectivity index (χ1n) is 8.25. The highest BCUT2D eigenvalue weighted by Gasteiger charge is 2.38. The Kier molecular flexibility index (Phi) is 4.70. The topological polar surface area (TPSA) is 46.6 Å². The molecule has 3 rings (SSSR count). The zero-order valence-corrected chi connectivity index (χ0v) is 14.7. The number of methoxy groups -OCH3 is 1. The van der Waals surface area contributed by atoms with E-state index in [1.807, 2.05) is 50.2 Å². The maximum absolute atomic E-state index is 12.8. The zero-order chi connectivity index (χ0) is 18.0. The van der Waals surface area contributed by atoms with Crippen LogP contribution >= 0.6 is 0 Å². The fraction of sp³-hybridized carbons (Fsp3) is 0.238. The van der Waals surface area contributed by atoms with E-state index in [2.05, 4.69) is 6.07 Å². The van der Waals surface area contributed by atoms with Crippen LogP contribution in [0.4, 0.5) is 5.69 Å². The lowest BCUT2D eigenvalue weighted by Crippen LogP contribution is -2.42. The van der Waals surface area contributed by atoms with Crippen molar-refractivity contribution in [2.75, 3.05) is 12.0 Å². The molecular formula is C21H21NO3. The van der Waals surface area contributed by atoms with Gasteiger partial charge in [0, 0.05) is 18.2 Å². The molecule has 25 heavy (non-hydrogen) atoms. The maximum atomic E-state index is 12.8. The summed E-state index contributed by atoms with van der Waals surface area (Å²) in [6.07, 6.45) is 3.80. The monoisotopic (exact) mass is 335 g/mol. The van der Waals surface area contributed by atoms with E-state index in [1.165, 1.54) is 23.6 Å². The van der Waals surface area contributed by atoms with Gasteiger partial charge in [0.05, 0.1) is 7.11 Å². The predicted octanol–water partition coefficient (Wildman–Crippen LogP) is 3.45. The van der Waals surface area contributed by atoms with Crippen LogP contribution < -0.4 is 4.90 Å². The lowest BCUT2D eigenvalue weighted by Gasteiger charge is -2.22. The normalized spacial score (nSPS) is 16.1. The third-order valence-electron chi connectivity index (χ3n) is 4.52. The van der Waals surface area contributed by atoms with Gasteiger partial charge in [-0.05, 0) is 42.7 Å². The Balaban J connectivity index is 1.90. The van der Waals surface area contributed by atoms with E-state index in [9.17, 15) is 9.59 Å². The number of aryl methyl sites for hydroxylation is 2. The first-order valence-corrected chi connectivity index (χ1v) is 8.25. The number of carbonyl (C=O) groups excluding carboxylic acids is 2. The Hall–Kier alpha value is -2.88. The van der Waals surface area contributed by atoms with Gasteiger partial charge in [0.25, 0.3) is 5.91 Å². The molecule has 2 aromatic carbocycles. The highest BCUT2D eigenvalue weighted by atomic mass is 16.5. The van der Waals surface area contributed by atoms with Crippen molar-refractivity contribution in [1.29, 1.82) is 0 Å². The average molecular weight is 335 g/mol. The third-order valence-corrected chi connectivity index (χ3v) is 4.52. The van der Waals surface area contributed by atoms with Crippen molar-refractivity contribution in [2.24, 2.45) is 0 Å². The van der Waals surface area contributed by atoms with Crippen LogP contribution in [0.2, 0.25) is 0 Å². The molecule has 0 aliphatic carbocycles. The highest BCUT2D eigenvalue weighted by Crippen LogP contribution is 2.33. The molecule has 128 valence electrons. The summed E-state index contributed by atoms with van der Waals surface area (Å²) in [5, 5.41) is 0. The fourth-order valence-electron chi connectivity index (χ4n) is 3.24. The van der Waals surface area contributed by atoms with Crippen LogP contribution in [-0.2, 0) is 20.7 Å². The maximum Gasteiger partial charge on any atom is 0.329 e. The predicted molar refractivity (Wildman–Crippen MR) is 98.4 cm³/mol. The highest BCUT2D eigenvalue weighted by molar-refractivity contribution is 6.09. The lowest BCUT2D eigenvalue weighted by molar-refractivity contribution is -0.143. The minimum Gasteiger partial charge on any atom is -0.467 e. The minimum atomic E-state index is -0.612. The molecule has 0 aromatic heterocycles. The van der Waals surface area contributed by atoms with Crippen LogP contribution in [-0.4, -0.2) is 25.0 Å². The van der Waals surface area contributed by atoms with Crippen molar-refractivity contribution < 1.29 is 14.3 Å². The number of nitrogens with zero attached hydrogens (tertiary/aromatic N) is 1. The molecule has 0 fully saturated rings. The van der Waals surface area contributed by atoms with E-state index < -0.39 is 12.0 Å². The molecule has 1 amide bonds. The van der Waals surface area contributed by atoms with Gasteiger partial charge < -0.3 is 4.74 Å². The Morgan fingerprint density at radius 2 is 1.92 bits per heavy atom. The van der Waals surface area contributed by atoms with Gasteiger partial charge in [-0.3, -0.25) is 9.69 Å². The van der Waals surface area contributed by atoms with E-state index in [0.717, 1.165) is 22.4 Å². The summed E-state index contributed by atoms with van der Waals surface area (Å²) in [7, 11) is 1.35. The number of rotatable bonds is 3. The molecule has 0 N–H and O–H groups in total. The van der Waals surface area contributed by atoms with Crippen LogP contribution in [0.25, 0.3) is 6.08 Å². The SMILES string of the molecule is COC(=O)C1Cc2ccccc2N1C(=O)/C=C/c1ccc(C)cc1C. The summed E-state index contributed by atoms with van der Waals surface area (Å²) in [5.41, 5.74) is 5.02. The number of carbonyl (C=O) groups is 2. The van der Waals surface area contributed by atoms with Crippen molar-refractivity contribution in [3.63, 3.8) is 0 Å². The Labute approximate surface area is 147 Å². The lowest BCUT2D eigenvalue weighted by atomic mass is 10.1. The van der Waals surface area contributed by atoms with Gasteiger partial charge in [-0.1, -0.05) is 42.0 Å². The molecule has 0 spiro atoms. The first-order chi connectivity index (χ1) is 12.0. The molecule has 1 unspecified atom stereocenters. The number of amides is 1. The third kappa shape index (κ3) is 3.33. The number of fused-ring (bicyclic) bond motifs is 1. The summed E-state index contributed by atoms with van der Waals surface area (Å²) < 4.78 is 4.88. The Morgan fingerprint density at radius 3 is 2.64 bits per heavy atom. The molecule has 0 bridgehead atoms. The zero-order valence-electron chi connectivity index (χ0n) is 14.7. The molecule has 1 aliphatic heterocycles. The van der Waals surface area contributed by atoms with Gasteiger partial charge in [0.15, 0.2) is 0 Å². The number of ether oxygens (including phenoxy) is 1. The van der Waals surface area contributed by atoms with Gasteiger partial charge in [-0.15, -0.1) is 0 Å². The van der Waals surface area contributed by atoms with E-state index in [-0.39, 0.29) is 5.91 Å². The Bertz CT molecular complexity index is 854. The van der Waals surface area contributed by atoms with Crippen LogP contribution in [0.15, 0.2) is 48.5 Å². The standard InChI is InChI=1S/C21H21NO3/c1-14-8-9-16(15(2)12-14)10-11-20(23)22-18-7-5-4-6-17(18)13-19(22)21(24)25-3/h4-12,19H,13H2,1-3H3/b11-10+. The van der Waals surface area contributed by atoms with E-state index in [4.69, 9.17) is 4.74 Å². The van der Waals surface area contributed by atoms with E-state index in [0.29, 0.717) is 6.42 Å². The van der Waals surface area contributed by atoms with Gasteiger partial charge in [0.2, 0.25) is 0 Å². The number of hydrogen-bond acceptors (Lipinski definition) is 3. The molecule has 1 atom stereocenters. The molecule has 4 nitrogen and oxygen atoms in total. The van der Waals surface area contributed by atoms with Crippen molar-refractivity contribution in [2.45, 2.75) is 26.3 Å². The van der Waals surface area contributed by atoms with Crippen LogP contribution in [0.1, 0.15) is 22.3 Å². The van der Waals surface area contributed by atoms with Crippen LogP contribution in [0.3, 0.4) is 0 Å². The van der Waals surface area contributed by atoms with E-state index >= 15 is 0 Å². The van der Waals surface area contributed by atoms with Gasteiger partial charge in [-0.25, -0.2) is 4.79 Å². The smallest absolute Gasteiger partial charge is 0.329 e. The molecule has 2 aromatic rings. The average Bonchev–Trinajstić information content (AvgIpc) is 2.99. The minimum absolute atomic E-state index is 0.222. The van der Waals surface area contributed by atoms with E-state index in [1.54, 1.807) is 6.08 Å². The van der Waals surface area contributed by atoms with Crippen molar-refractivity contribution in [1.82, 2.24) is 0 Å². The van der Waals surface area contributed by atoms with Crippen LogP contribution in [0, 0.1) is 13.8 Å². The summed E-state index contributed by atoms with van der Waals surface area (Å²) in [6, 6.07) is 13.0. The fourth-order valence-corrected chi connectivity index (χ4v) is 3.24. The van der Waals surface area contributed by atoms with Gasteiger partial charge in [0.1, 0.15) is 6.04 Å². The molecular weight excluding hydrogens is 314 g/mol. The van der Waals surface area contributed by atoms with Crippen molar-refractivity contribution >= 4 is 23.6 Å². The van der Waals surface area contributed by atoms with Gasteiger partial charge >= 0.3 is 5.97 Å². The second kappa shape index (κ2) is 6.93. The largest absolute Gasteiger partial charge is 0.467 e. The van der Waals surface area contributed by atoms with Gasteiger partial charge in [-0.2, -0.15) is 0 Å². The molecule has 0 saturated heterocycles. The molecule has 1 heterocycles. The summed E-state index contributed by atoms with van der Waals surface area (Å²) >= 11 is 0. The van der Waals surface area contributed by atoms with Crippen LogP contribution in [0.5, 0.6) is 0 Å². The number of benzene rings is 2. The summed E-state index contributed by atoms with van der Waals surface area (Å²) in [6.45, 7) is 4.05. The Morgan fingerprint density at radius 1 is 1.16 bits per heavy atom.